The zero-order chi connectivity index (χ0) is 13.7. The molecule has 1 N–H and O–H groups in total. The van der Waals surface area contributed by atoms with Crippen molar-refractivity contribution in [2.45, 2.75) is 25.4 Å². The predicted molar refractivity (Wildman–Crippen MR) is 78.4 cm³/mol. The number of hydrogen-bond donors (Lipinski definition) is 1. The summed E-state index contributed by atoms with van der Waals surface area (Å²) in [5, 5.41) is 10.0. The van der Waals surface area contributed by atoms with Gasteiger partial charge in [-0.2, -0.15) is 0 Å². The summed E-state index contributed by atoms with van der Waals surface area (Å²) in [6, 6.07) is 15.1. The highest BCUT2D eigenvalue weighted by Crippen LogP contribution is 2.26. The number of aliphatic hydroxyl groups is 1. The van der Waals surface area contributed by atoms with Crippen LogP contribution in [-0.2, 0) is 6.42 Å². The Kier molecular flexibility index (Phi) is 5.11. The largest absolute Gasteiger partial charge is 0.388 e. The molecule has 19 heavy (non-hydrogen) atoms. The van der Waals surface area contributed by atoms with E-state index in [4.69, 9.17) is 0 Å². The lowest BCUT2D eigenvalue weighted by atomic mass is 10.0. The molecule has 1 unspecified atom stereocenters. The maximum atomic E-state index is 13.8. The van der Waals surface area contributed by atoms with E-state index >= 15 is 0 Å². The lowest BCUT2D eigenvalue weighted by molar-refractivity contribution is 0.160. The molecule has 0 saturated carbocycles. The minimum Gasteiger partial charge on any atom is -0.388 e. The first-order valence-electron chi connectivity index (χ1n) is 6.34. The van der Waals surface area contributed by atoms with Crippen LogP contribution < -0.4 is 0 Å². The summed E-state index contributed by atoms with van der Waals surface area (Å²) in [6.07, 6.45) is 1.54. The van der Waals surface area contributed by atoms with Crippen LogP contribution in [0.5, 0.6) is 0 Å². The van der Waals surface area contributed by atoms with Crippen molar-refractivity contribution in [1.82, 2.24) is 0 Å². The van der Waals surface area contributed by atoms with E-state index in [1.54, 1.807) is 18.2 Å². The Morgan fingerprint density at radius 3 is 2.53 bits per heavy atom. The Morgan fingerprint density at radius 2 is 1.79 bits per heavy atom. The van der Waals surface area contributed by atoms with Gasteiger partial charge < -0.3 is 5.11 Å². The van der Waals surface area contributed by atoms with Crippen LogP contribution in [-0.4, -0.2) is 5.11 Å². The number of rotatable bonds is 5. The molecule has 2 aromatic carbocycles. The Hall–Kier alpha value is -1.19. The van der Waals surface area contributed by atoms with Crippen molar-refractivity contribution < 1.29 is 9.50 Å². The number of benzene rings is 2. The zero-order valence-corrected chi connectivity index (χ0v) is 12.1. The molecule has 0 aromatic heterocycles. The summed E-state index contributed by atoms with van der Waals surface area (Å²) in [6.45, 7) is 0. The van der Waals surface area contributed by atoms with E-state index in [1.807, 2.05) is 18.2 Å². The fourth-order valence-corrected chi connectivity index (χ4v) is 2.46. The monoisotopic (exact) mass is 322 g/mol. The first-order chi connectivity index (χ1) is 9.18. The summed E-state index contributed by atoms with van der Waals surface area (Å²) >= 11 is 3.13. The van der Waals surface area contributed by atoms with Gasteiger partial charge in [-0.25, -0.2) is 4.39 Å². The fourth-order valence-electron chi connectivity index (χ4n) is 2.08. The van der Waals surface area contributed by atoms with E-state index in [0.717, 1.165) is 12.8 Å². The van der Waals surface area contributed by atoms with Crippen molar-refractivity contribution >= 4 is 15.9 Å². The van der Waals surface area contributed by atoms with E-state index in [-0.39, 0.29) is 5.82 Å². The van der Waals surface area contributed by atoms with Gasteiger partial charge in [0.05, 0.1) is 10.6 Å². The van der Waals surface area contributed by atoms with Crippen molar-refractivity contribution in [2.24, 2.45) is 0 Å². The zero-order valence-electron chi connectivity index (χ0n) is 10.5. The molecule has 3 heteroatoms. The standard InChI is InChI=1S/C16H16BrFO/c17-14-10-5-9-13(16(14)18)15(19)11-4-8-12-6-2-1-3-7-12/h1-3,5-7,9-10,15,19H,4,8,11H2. The van der Waals surface area contributed by atoms with E-state index in [9.17, 15) is 9.50 Å². The lowest BCUT2D eigenvalue weighted by Crippen LogP contribution is -2.02. The topological polar surface area (TPSA) is 20.2 Å². The van der Waals surface area contributed by atoms with Crippen molar-refractivity contribution in [1.29, 1.82) is 0 Å². The Bertz CT molecular complexity index is 528. The second-order valence-corrected chi connectivity index (χ2v) is 5.39. The third-order valence-corrected chi connectivity index (χ3v) is 3.74. The van der Waals surface area contributed by atoms with Gasteiger partial charge in [-0.15, -0.1) is 0 Å². The van der Waals surface area contributed by atoms with Gasteiger partial charge in [-0.1, -0.05) is 42.5 Å². The van der Waals surface area contributed by atoms with Gasteiger partial charge in [0.1, 0.15) is 5.82 Å². The highest BCUT2D eigenvalue weighted by molar-refractivity contribution is 9.10. The van der Waals surface area contributed by atoms with Gasteiger partial charge >= 0.3 is 0 Å². The van der Waals surface area contributed by atoms with Crippen LogP contribution >= 0.6 is 15.9 Å². The van der Waals surface area contributed by atoms with Crippen LogP contribution in [0.1, 0.15) is 30.1 Å². The summed E-state index contributed by atoms with van der Waals surface area (Å²) in [7, 11) is 0. The molecular weight excluding hydrogens is 307 g/mol. The Labute approximate surface area is 121 Å². The molecule has 2 rings (SSSR count). The first kappa shape index (κ1) is 14.2. The third-order valence-electron chi connectivity index (χ3n) is 3.13. The second kappa shape index (κ2) is 6.83. The quantitative estimate of drug-likeness (QED) is 0.849. The fraction of sp³-hybridized carbons (Fsp3) is 0.250. The molecule has 0 aliphatic carbocycles. The van der Waals surface area contributed by atoms with E-state index in [0.29, 0.717) is 16.5 Å². The van der Waals surface area contributed by atoms with Gasteiger partial charge in [0.25, 0.3) is 0 Å². The van der Waals surface area contributed by atoms with Crippen LogP contribution in [0.3, 0.4) is 0 Å². The van der Waals surface area contributed by atoms with Crippen LogP contribution in [0.4, 0.5) is 4.39 Å². The lowest BCUT2D eigenvalue weighted by Gasteiger charge is -2.12. The summed E-state index contributed by atoms with van der Waals surface area (Å²) in [5.74, 6) is -0.366. The smallest absolute Gasteiger partial charge is 0.143 e. The molecule has 0 radical (unpaired) electrons. The van der Waals surface area contributed by atoms with Crippen molar-refractivity contribution in [2.75, 3.05) is 0 Å². The Morgan fingerprint density at radius 1 is 1.05 bits per heavy atom. The molecule has 0 fully saturated rings. The molecule has 0 bridgehead atoms. The van der Waals surface area contributed by atoms with Crippen molar-refractivity contribution in [3.05, 3.63) is 69.9 Å². The molecule has 0 heterocycles. The van der Waals surface area contributed by atoms with Crippen LogP contribution in [0.15, 0.2) is 53.0 Å². The molecule has 2 aromatic rings. The van der Waals surface area contributed by atoms with Gasteiger partial charge in [0, 0.05) is 5.56 Å². The maximum absolute atomic E-state index is 13.8. The Balaban J connectivity index is 1.91. The van der Waals surface area contributed by atoms with Crippen LogP contribution in [0, 0.1) is 5.82 Å². The van der Waals surface area contributed by atoms with Crippen molar-refractivity contribution in [3.63, 3.8) is 0 Å². The summed E-state index contributed by atoms with van der Waals surface area (Å²) < 4.78 is 14.2. The summed E-state index contributed by atoms with van der Waals surface area (Å²) in [4.78, 5) is 0. The molecule has 0 aliphatic heterocycles. The molecule has 1 nitrogen and oxygen atoms in total. The number of aliphatic hydroxyl groups excluding tert-OH is 1. The third kappa shape index (κ3) is 3.88. The van der Waals surface area contributed by atoms with Gasteiger partial charge in [0.15, 0.2) is 0 Å². The number of hydrogen-bond acceptors (Lipinski definition) is 1. The SMILES string of the molecule is OC(CCCc1ccccc1)c1cccc(Br)c1F. The minimum atomic E-state index is -0.749. The number of aryl methyl sites for hydroxylation is 1. The average Bonchev–Trinajstić information content (AvgIpc) is 2.43. The van der Waals surface area contributed by atoms with Gasteiger partial charge in [-0.05, 0) is 46.8 Å². The molecule has 1 atom stereocenters. The van der Waals surface area contributed by atoms with Gasteiger partial charge in [0.2, 0.25) is 0 Å². The van der Waals surface area contributed by atoms with Crippen LogP contribution in [0.25, 0.3) is 0 Å². The highest BCUT2D eigenvalue weighted by Gasteiger charge is 2.14. The molecule has 0 saturated heterocycles. The highest BCUT2D eigenvalue weighted by atomic mass is 79.9. The first-order valence-corrected chi connectivity index (χ1v) is 7.13. The molecule has 0 amide bonds. The normalized spacial score (nSPS) is 12.4. The second-order valence-electron chi connectivity index (χ2n) is 4.54. The number of halogens is 2. The van der Waals surface area contributed by atoms with Gasteiger partial charge in [-0.3, -0.25) is 0 Å². The van der Waals surface area contributed by atoms with Crippen LogP contribution in [0.2, 0.25) is 0 Å². The molecule has 0 aliphatic rings. The van der Waals surface area contributed by atoms with E-state index in [2.05, 4.69) is 28.1 Å². The average molecular weight is 323 g/mol. The van der Waals surface area contributed by atoms with E-state index < -0.39 is 6.10 Å². The minimum absolute atomic E-state index is 0.363. The molecule has 0 spiro atoms. The maximum Gasteiger partial charge on any atom is 0.143 e. The van der Waals surface area contributed by atoms with E-state index in [1.165, 1.54) is 5.56 Å². The molecular formula is C16H16BrFO. The van der Waals surface area contributed by atoms with Crippen molar-refractivity contribution in [3.8, 4) is 0 Å². The molecule has 100 valence electrons. The summed E-state index contributed by atoms with van der Waals surface area (Å²) in [5.41, 5.74) is 1.60. The predicted octanol–water partition coefficient (Wildman–Crippen LogP) is 4.64.